The van der Waals surface area contributed by atoms with Crippen LogP contribution in [0.5, 0.6) is 0 Å². The van der Waals surface area contributed by atoms with Gasteiger partial charge in [0, 0.05) is 23.6 Å². The molecule has 0 aliphatic carbocycles. The molecular formula is C25H23ClN2O4S2. The number of hydrogen-bond donors (Lipinski definition) is 0. The first-order valence-corrected chi connectivity index (χ1v) is 12.5. The minimum absolute atomic E-state index is 0.236. The average molecular weight is 515 g/mol. The topological polar surface area (TPSA) is 66.9 Å². The number of ether oxygens (including phenoxy) is 1. The molecule has 0 bridgehead atoms. The number of carbonyl (C=O) groups is 3. The van der Waals surface area contributed by atoms with Crippen LogP contribution in [0.15, 0.2) is 53.4 Å². The fraction of sp³-hybridized carbons (Fsp3) is 0.280. The Morgan fingerprint density at radius 1 is 1.00 bits per heavy atom. The molecule has 0 saturated carbocycles. The second kappa shape index (κ2) is 10.7. The van der Waals surface area contributed by atoms with Crippen LogP contribution in [0.25, 0.3) is 5.57 Å². The summed E-state index contributed by atoms with van der Waals surface area (Å²) in [5.74, 6) is -0.726. The Kier molecular flexibility index (Phi) is 7.70. The van der Waals surface area contributed by atoms with Gasteiger partial charge in [0.15, 0.2) is 0 Å². The number of anilines is 1. The molecule has 4 rings (SSSR count). The van der Waals surface area contributed by atoms with Crippen molar-refractivity contribution in [3.63, 3.8) is 0 Å². The summed E-state index contributed by atoms with van der Waals surface area (Å²) in [6.45, 7) is 0.751. The molecule has 0 unspecified atom stereocenters. The predicted octanol–water partition coefficient (Wildman–Crippen LogP) is 5.19. The van der Waals surface area contributed by atoms with Crippen molar-refractivity contribution in [2.75, 3.05) is 18.6 Å². The van der Waals surface area contributed by atoms with E-state index in [4.69, 9.17) is 23.8 Å². The number of para-hydroxylation sites is 1. The molecule has 2 aromatic carbocycles. The fourth-order valence-corrected chi connectivity index (χ4v) is 5.59. The van der Waals surface area contributed by atoms with Gasteiger partial charge in [-0.25, -0.2) is 0 Å². The van der Waals surface area contributed by atoms with E-state index < -0.39 is 0 Å². The molecule has 0 atom stereocenters. The van der Waals surface area contributed by atoms with Crippen LogP contribution in [-0.4, -0.2) is 40.7 Å². The number of thiocarbonyl (C=S) groups is 1. The van der Waals surface area contributed by atoms with E-state index >= 15 is 0 Å². The van der Waals surface area contributed by atoms with E-state index in [1.54, 1.807) is 15.9 Å². The SMILES string of the molecule is COC(=O)CCCCCN1C(=O)/C(=C2/C(=O)N(Cc3ccccc3Cl)c3ccccc32)SC1=S. The maximum absolute atomic E-state index is 13.6. The molecule has 0 aromatic heterocycles. The predicted molar refractivity (Wildman–Crippen MR) is 138 cm³/mol. The zero-order chi connectivity index (χ0) is 24.2. The van der Waals surface area contributed by atoms with Crippen LogP contribution >= 0.6 is 35.6 Å². The highest BCUT2D eigenvalue weighted by molar-refractivity contribution is 8.26. The van der Waals surface area contributed by atoms with E-state index in [-0.39, 0.29) is 17.8 Å². The lowest BCUT2D eigenvalue weighted by Crippen LogP contribution is -2.30. The molecule has 2 aliphatic heterocycles. The molecule has 2 heterocycles. The molecule has 2 aliphatic rings. The highest BCUT2D eigenvalue weighted by atomic mass is 35.5. The molecule has 176 valence electrons. The molecule has 6 nitrogen and oxygen atoms in total. The zero-order valence-electron chi connectivity index (χ0n) is 18.6. The number of rotatable bonds is 8. The number of fused-ring (bicyclic) bond motifs is 1. The molecular weight excluding hydrogens is 492 g/mol. The molecule has 1 saturated heterocycles. The number of nitrogens with zero attached hydrogens (tertiary/aromatic N) is 2. The Labute approximate surface area is 212 Å². The first-order chi connectivity index (χ1) is 16.4. The van der Waals surface area contributed by atoms with E-state index in [2.05, 4.69) is 4.74 Å². The van der Waals surface area contributed by atoms with Crippen molar-refractivity contribution in [3.05, 3.63) is 69.6 Å². The van der Waals surface area contributed by atoms with Gasteiger partial charge in [-0.05, 0) is 30.5 Å². The number of esters is 1. The third kappa shape index (κ3) is 4.89. The zero-order valence-corrected chi connectivity index (χ0v) is 21.0. The highest BCUT2D eigenvalue weighted by Gasteiger charge is 2.41. The molecule has 2 amide bonds. The Hall–Kier alpha value is -2.68. The van der Waals surface area contributed by atoms with E-state index in [0.717, 1.165) is 23.2 Å². The summed E-state index contributed by atoms with van der Waals surface area (Å²) in [5.41, 5.74) is 2.68. The van der Waals surface area contributed by atoms with E-state index in [1.807, 2.05) is 42.5 Å². The van der Waals surface area contributed by atoms with Crippen LogP contribution in [0, 0.1) is 0 Å². The van der Waals surface area contributed by atoms with Gasteiger partial charge in [-0.2, -0.15) is 0 Å². The standard InChI is InChI=1S/C25H23ClN2O4S2/c1-32-20(29)13-3-2-8-14-27-24(31)22(34-25(27)33)21-17-10-5-7-12-19(17)28(23(21)30)15-16-9-4-6-11-18(16)26/h4-7,9-12H,2-3,8,13-15H2,1H3/b22-21-. The first kappa shape index (κ1) is 24.4. The summed E-state index contributed by atoms with van der Waals surface area (Å²) in [6, 6.07) is 14.9. The van der Waals surface area contributed by atoms with Crippen LogP contribution < -0.4 is 4.90 Å². The number of amides is 2. The average Bonchev–Trinajstić information content (AvgIpc) is 3.27. The van der Waals surface area contributed by atoms with Crippen molar-refractivity contribution in [3.8, 4) is 0 Å². The molecule has 1 fully saturated rings. The normalized spacial score (nSPS) is 17.5. The second-order valence-corrected chi connectivity index (χ2v) is 9.97. The number of halogens is 1. The van der Waals surface area contributed by atoms with Crippen molar-refractivity contribution in [2.24, 2.45) is 0 Å². The van der Waals surface area contributed by atoms with Crippen LogP contribution in [0.1, 0.15) is 36.8 Å². The van der Waals surface area contributed by atoms with Gasteiger partial charge in [0.2, 0.25) is 0 Å². The quantitative estimate of drug-likeness (QED) is 0.209. The van der Waals surface area contributed by atoms with Crippen molar-refractivity contribution >= 4 is 68.9 Å². The lowest BCUT2D eigenvalue weighted by molar-refractivity contribution is -0.140. The van der Waals surface area contributed by atoms with Gasteiger partial charge in [-0.1, -0.05) is 78.4 Å². The maximum Gasteiger partial charge on any atom is 0.305 e. The van der Waals surface area contributed by atoms with Gasteiger partial charge in [0.1, 0.15) is 4.32 Å². The number of carbonyl (C=O) groups excluding carboxylic acids is 3. The van der Waals surface area contributed by atoms with Crippen molar-refractivity contribution in [1.29, 1.82) is 0 Å². The van der Waals surface area contributed by atoms with Crippen LogP contribution in [0.3, 0.4) is 0 Å². The minimum Gasteiger partial charge on any atom is -0.469 e. The van der Waals surface area contributed by atoms with Gasteiger partial charge in [-0.15, -0.1) is 0 Å². The number of benzene rings is 2. The highest BCUT2D eigenvalue weighted by Crippen LogP contribution is 2.45. The third-order valence-corrected chi connectivity index (χ3v) is 7.59. The fourth-order valence-electron chi connectivity index (χ4n) is 4.01. The number of methoxy groups -OCH3 is 1. The van der Waals surface area contributed by atoms with Crippen molar-refractivity contribution < 1.29 is 19.1 Å². The maximum atomic E-state index is 13.6. The molecule has 0 spiro atoms. The monoisotopic (exact) mass is 514 g/mol. The third-order valence-electron chi connectivity index (χ3n) is 5.78. The summed E-state index contributed by atoms with van der Waals surface area (Å²) in [5, 5.41) is 0.583. The van der Waals surface area contributed by atoms with Crippen LogP contribution in [0.2, 0.25) is 5.02 Å². The van der Waals surface area contributed by atoms with Gasteiger partial charge < -0.3 is 9.64 Å². The van der Waals surface area contributed by atoms with Crippen LogP contribution in [0.4, 0.5) is 5.69 Å². The Morgan fingerprint density at radius 3 is 2.50 bits per heavy atom. The number of thioether (sulfide) groups is 1. The Balaban J connectivity index is 1.55. The molecule has 9 heteroatoms. The summed E-state index contributed by atoms with van der Waals surface area (Å²) in [4.78, 5) is 41.7. The van der Waals surface area contributed by atoms with Gasteiger partial charge in [0.25, 0.3) is 11.8 Å². The molecule has 2 aromatic rings. The smallest absolute Gasteiger partial charge is 0.305 e. The van der Waals surface area contributed by atoms with Gasteiger partial charge in [0.05, 0.1) is 29.8 Å². The van der Waals surface area contributed by atoms with Gasteiger partial charge in [-0.3, -0.25) is 19.3 Å². The lowest BCUT2D eigenvalue weighted by atomic mass is 10.1. The van der Waals surface area contributed by atoms with Crippen molar-refractivity contribution in [1.82, 2.24) is 4.90 Å². The summed E-state index contributed by atoms with van der Waals surface area (Å²) in [6.07, 6.45) is 2.51. The Morgan fingerprint density at radius 2 is 1.74 bits per heavy atom. The van der Waals surface area contributed by atoms with Crippen molar-refractivity contribution in [2.45, 2.75) is 32.2 Å². The van der Waals surface area contributed by atoms with Crippen LogP contribution in [-0.2, 0) is 25.7 Å². The Bertz CT molecular complexity index is 1200. The first-order valence-electron chi connectivity index (χ1n) is 10.9. The van der Waals surface area contributed by atoms with Gasteiger partial charge >= 0.3 is 5.97 Å². The van der Waals surface area contributed by atoms with E-state index in [0.29, 0.717) is 52.2 Å². The minimum atomic E-state index is -0.249. The number of unbranched alkanes of at least 4 members (excludes halogenated alkanes) is 2. The van der Waals surface area contributed by atoms with E-state index in [1.165, 1.54) is 18.9 Å². The number of hydrogen-bond acceptors (Lipinski definition) is 6. The molecule has 0 radical (unpaired) electrons. The summed E-state index contributed by atoms with van der Waals surface area (Å²) >= 11 is 13.0. The molecule has 34 heavy (non-hydrogen) atoms. The second-order valence-electron chi connectivity index (χ2n) is 7.92. The summed E-state index contributed by atoms with van der Waals surface area (Å²) in [7, 11) is 1.37. The lowest BCUT2D eigenvalue weighted by Gasteiger charge is -2.18. The molecule has 0 N–H and O–H groups in total. The largest absolute Gasteiger partial charge is 0.469 e. The van der Waals surface area contributed by atoms with E-state index in [9.17, 15) is 14.4 Å². The summed E-state index contributed by atoms with van der Waals surface area (Å²) < 4.78 is 5.09.